The molecular formula is C14H20N4O2. The van der Waals surface area contributed by atoms with Crippen LogP contribution in [-0.4, -0.2) is 49.1 Å². The summed E-state index contributed by atoms with van der Waals surface area (Å²) in [4.78, 5) is 26.8. The van der Waals surface area contributed by atoms with Crippen LogP contribution in [0.15, 0.2) is 30.3 Å². The smallest absolute Gasteiger partial charge is 0.318 e. The van der Waals surface area contributed by atoms with E-state index in [-0.39, 0.29) is 11.9 Å². The molecule has 3 N–H and O–H groups in total. The molecule has 0 aliphatic carbocycles. The van der Waals surface area contributed by atoms with Gasteiger partial charge >= 0.3 is 6.03 Å². The fourth-order valence-corrected chi connectivity index (χ4v) is 2.40. The second kappa shape index (κ2) is 6.38. The number of para-hydroxylation sites is 1. The molecule has 2 rings (SSSR count). The molecule has 1 aromatic rings. The zero-order chi connectivity index (χ0) is 14.5. The van der Waals surface area contributed by atoms with E-state index >= 15 is 0 Å². The number of nitrogens with one attached hydrogen (secondary N) is 1. The van der Waals surface area contributed by atoms with Gasteiger partial charge in [-0.2, -0.15) is 0 Å². The van der Waals surface area contributed by atoms with Gasteiger partial charge in [0.25, 0.3) is 0 Å². The molecule has 0 saturated carbocycles. The maximum absolute atomic E-state index is 11.7. The number of nitrogens with two attached hydrogens (primary N) is 1. The maximum atomic E-state index is 11.7. The van der Waals surface area contributed by atoms with Crippen LogP contribution in [0.4, 0.5) is 10.5 Å². The first-order valence-electron chi connectivity index (χ1n) is 6.72. The van der Waals surface area contributed by atoms with E-state index in [1.165, 1.54) is 5.69 Å². The highest BCUT2D eigenvalue weighted by Gasteiger charge is 2.26. The minimum absolute atomic E-state index is 0.342. The number of hydrogen-bond donors (Lipinski definition) is 2. The molecule has 1 aromatic carbocycles. The van der Waals surface area contributed by atoms with Crippen molar-refractivity contribution in [1.82, 2.24) is 10.2 Å². The lowest BCUT2D eigenvalue weighted by Gasteiger charge is -2.38. The average Bonchev–Trinajstić information content (AvgIpc) is 2.47. The van der Waals surface area contributed by atoms with Crippen LogP contribution in [-0.2, 0) is 4.79 Å². The van der Waals surface area contributed by atoms with Crippen LogP contribution in [0.3, 0.4) is 0 Å². The highest BCUT2D eigenvalue weighted by Crippen LogP contribution is 2.16. The topological polar surface area (TPSA) is 78.7 Å². The van der Waals surface area contributed by atoms with Crippen LogP contribution in [0.2, 0.25) is 0 Å². The number of benzene rings is 1. The zero-order valence-electron chi connectivity index (χ0n) is 11.6. The largest absolute Gasteiger partial charge is 0.369 e. The number of anilines is 1. The van der Waals surface area contributed by atoms with Crippen molar-refractivity contribution in [2.24, 2.45) is 5.73 Å². The summed E-state index contributed by atoms with van der Waals surface area (Å²) in [7, 11) is 0. The lowest BCUT2D eigenvalue weighted by Crippen LogP contribution is -2.55. The number of amides is 3. The van der Waals surface area contributed by atoms with Gasteiger partial charge in [0, 0.05) is 31.9 Å². The summed E-state index contributed by atoms with van der Waals surface area (Å²) in [6.07, 6.45) is 0. The van der Waals surface area contributed by atoms with Gasteiger partial charge in [0.2, 0.25) is 5.91 Å². The van der Waals surface area contributed by atoms with E-state index in [4.69, 9.17) is 5.73 Å². The summed E-state index contributed by atoms with van der Waals surface area (Å²) in [5.74, 6) is -0.342. The summed E-state index contributed by atoms with van der Waals surface area (Å²) >= 11 is 0. The number of imide groups is 1. The van der Waals surface area contributed by atoms with E-state index in [1.54, 1.807) is 6.92 Å². The number of urea groups is 1. The second-order valence-electron chi connectivity index (χ2n) is 4.89. The molecule has 0 aromatic heterocycles. The zero-order valence-corrected chi connectivity index (χ0v) is 11.6. The predicted molar refractivity (Wildman–Crippen MR) is 77.4 cm³/mol. The van der Waals surface area contributed by atoms with Gasteiger partial charge in [-0.3, -0.25) is 15.0 Å². The third-order valence-corrected chi connectivity index (χ3v) is 3.61. The van der Waals surface area contributed by atoms with Crippen LogP contribution in [0.1, 0.15) is 6.92 Å². The van der Waals surface area contributed by atoms with Gasteiger partial charge in [-0.05, 0) is 19.1 Å². The number of hydrogen-bond acceptors (Lipinski definition) is 4. The average molecular weight is 276 g/mol. The van der Waals surface area contributed by atoms with Crippen LogP contribution in [0.25, 0.3) is 0 Å². The molecule has 6 heteroatoms. The molecule has 1 aliphatic heterocycles. The van der Waals surface area contributed by atoms with E-state index in [0.717, 1.165) is 26.2 Å². The van der Waals surface area contributed by atoms with Gasteiger partial charge in [-0.25, -0.2) is 4.79 Å². The van der Waals surface area contributed by atoms with Gasteiger partial charge in [0.1, 0.15) is 0 Å². The molecule has 6 nitrogen and oxygen atoms in total. The van der Waals surface area contributed by atoms with Crippen molar-refractivity contribution >= 4 is 17.6 Å². The molecule has 20 heavy (non-hydrogen) atoms. The SMILES string of the molecule is C[C@H](C(=O)NC(N)=O)N1CCN(c2ccccc2)CC1. The Morgan fingerprint density at radius 2 is 1.75 bits per heavy atom. The third kappa shape index (κ3) is 3.48. The van der Waals surface area contributed by atoms with Gasteiger partial charge in [0.05, 0.1) is 6.04 Å². The summed E-state index contributed by atoms with van der Waals surface area (Å²) in [6, 6.07) is 9.05. The van der Waals surface area contributed by atoms with E-state index < -0.39 is 6.03 Å². The Morgan fingerprint density at radius 3 is 2.30 bits per heavy atom. The molecule has 108 valence electrons. The van der Waals surface area contributed by atoms with E-state index in [1.807, 2.05) is 18.2 Å². The molecule has 1 fully saturated rings. The molecular weight excluding hydrogens is 256 g/mol. The van der Waals surface area contributed by atoms with E-state index in [2.05, 4.69) is 27.2 Å². The van der Waals surface area contributed by atoms with Gasteiger partial charge < -0.3 is 10.6 Å². The lowest BCUT2D eigenvalue weighted by molar-refractivity contribution is -0.124. The van der Waals surface area contributed by atoms with Crippen molar-refractivity contribution in [3.05, 3.63) is 30.3 Å². The monoisotopic (exact) mass is 276 g/mol. The third-order valence-electron chi connectivity index (χ3n) is 3.61. The van der Waals surface area contributed by atoms with Crippen molar-refractivity contribution < 1.29 is 9.59 Å². The Labute approximate surface area is 118 Å². The fourth-order valence-electron chi connectivity index (χ4n) is 2.40. The van der Waals surface area contributed by atoms with Crippen molar-refractivity contribution in [3.8, 4) is 0 Å². The highest BCUT2D eigenvalue weighted by molar-refractivity contribution is 5.96. The molecule has 3 amide bonds. The van der Waals surface area contributed by atoms with Crippen molar-refractivity contribution in [2.45, 2.75) is 13.0 Å². The number of nitrogens with zero attached hydrogens (tertiary/aromatic N) is 2. The van der Waals surface area contributed by atoms with Crippen LogP contribution in [0.5, 0.6) is 0 Å². The number of piperazine rings is 1. The van der Waals surface area contributed by atoms with Gasteiger partial charge in [-0.15, -0.1) is 0 Å². The van der Waals surface area contributed by atoms with Crippen molar-refractivity contribution in [1.29, 1.82) is 0 Å². The summed E-state index contributed by atoms with van der Waals surface area (Å²) in [6.45, 7) is 5.07. The first-order chi connectivity index (χ1) is 9.58. The van der Waals surface area contributed by atoms with Gasteiger partial charge in [-0.1, -0.05) is 18.2 Å². The predicted octanol–water partition coefficient (Wildman–Crippen LogP) is 0.392. The minimum Gasteiger partial charge on any atom is -0.369 e. The van der Waals surface area contributed by atoms with Crippen LogP contribution < -0.4 is 16.0 Å². The summed E-state index contributed by atoms with van der Waals surface area (Å²) in [5, 5.41) is 2.13. The highest BCUT2D eigenvalue weighted by atomic mass is 16.2. The number of carbonyl (C=O) groups excluding carboxylic acids is 2. The normalized spacial score (nSPS) is 17.6. The molecule has 1 aliphatic rings. The maximum Gasteiger partial charge on any atom is 0.318 e. The van der Waals surface area contributed by atoms with Gasteiger partial charge in [0.15, 0.2) is 0 Å². The lowest BCUT2D eigenvalue weighted by atomic mass is 10.2. The van der Waals surface area contributed by atoms with Crippen molar-refractivity contribution in [2.75, 3.05) is 31.1 Å². The molecule has 1 atom stereocenters. The molecule has 1 heterocycles. The molecule has 1 saturated heterocycles. The van der Waals surface area contributed by atoms with Crippen LogP contribution in [0, 0.1) is 0 Å². The quantitative estimate of drug-likeness (QED) is 0.837. The Morgan fingerprint density at radius 1 is 1.15 bits per heavy atom. The summed E-state index contributed by atoms with van der Waals surface area (Å²) in [5.41, 5.74) is 6.16. The second-order valence-corrected chi connectivity index (χ2v) is 4.89. The van der Waals surface area contributed by atoms with Crippen molar-refractivity contribution in [3.63, 3.8) is 0 Å². The van der Waals surface area contributed by atoms with E-state index in [0.29, 0.717) is 0 Å². The Kier molecular flexibility index (Phi) is 4.57. The summed E-state index contributed by atoms with van der Waals surface area (Å²) < 4.78 is 0. The number of primary amides is 1. The van der Waals surface area contributed by atoms with Crippen LogP contribution >= 0.6 is 0 Å². The number of carbonyl (C=O) groups is 2. The number of rotatable bonds is 3. The fraction of sp³-hybridized carbons (Fsp3) is 0.429. The first-order valence-corrected chi connectivity index (χ1v) is 6.72. The molecule has 0 bridgehead atoms. The molecule has 0 unspecified atom stereocenters. The Hall–Kier alpha value is -2.08. The minimum atomic E-state index is -0.801. The first kappa shape index (κ1) is 14.3. The molecule has 0 spiro atoms. The Balaban J connectivity index is 1.88. The molecule has 0 radical (unpaired) electrons. The Bertz CT molecular complexity index is 469. The van der Waals surface area contributed by atoms with E-state index in [9.17, 15) is 9.59 Å². The standard InChI is InChI=1S/C14H20N4O2/c1-11(13(19)16-14(15)20)17-7-9-18(10-8-17)12-5-3-2-4-6-12/h2-6,11H,7-10H2,1H3,(H3,15,16,19,20)/t11-/m1/s1.